The monoisotopic (exact) mass is 454 g/mol. The second-order valence-electron chi connectivity index (χ2n) is 8.43. The number of carbonyl (C=O) groups is 2. The van der Waals surface area contributed by atoms with E-state index in [9.17, 15) is 14.0 Å². The second kappa shape index (κ2) is 8.59. The highest BCUT2D eigenvalue weighted by atomic mass is 19.1. The molecule has 0 saturated carbocycles. The topological polar surface area (TPSA) is 76.0 Å². The van der Waals surface area contributed by atoms with Gasteiger partial charge in [-0.15, -0.1) is 0 Å². The van der Waals surface area contributed by atoms with E-state index in [2.05, 4.69) is 10.6 Å². The molecular formula is C27H23FN4O2. The summed E-state index contributed by atoms with van der Waals surface area (Å²) in [4.78, 5) is 26.4. The number of carbonyl (C=O) groups excluding carboxylic acids is 2. The first-order valence-corrected chi connectivity index (χ1v) is 11.0. The Morgan fingerprint density at radius 3 is 2.44 bits per heavy atom. The lowest BCUT2D eigenvalue weighted by atomic mass is 9.81. The summed E-state index contributed by atoms with van der Waals surface area (Å²) in [5.41, 5.74) is 4.34. The summed E-state index contributed by atoms with van der Waals surface area (Å²) in [7, 11) is 0. The molecule has 0 radical (unpaired) electrons. The van der Waals surface area contributed by atoms with Crippen molar-refractivity contribution in [2.24, 2.45) is 0 Å². The number of aryl methyl sites for hydroxylation is 2. The molecule has 0 bridgehead atoms. The van der Waals surface area contributed by atoms with Crippen molar-refractivity contribution in [3.05, 3.63) is 113 Å². The molecule has 0 saturated heterocycles. The van der Waals surface area contributed by atoms with Crippen molar-refractivity contribution >= 4 is 17.6 Å². The van der Waals surface area contributed by atoms with E-state index in [0.29, 0.717) is 22.6 Å². The molecule has 2 N–H and O–H groups in total. The summed E-state index contributed by atoms with van der Waals surface area (Å²) in [5.74, 6) is -1.28. The maximum Gasteiger partial charge on any atom is 0.251 e. The van der Waals surface area contributed by atoms with Gasteiger partial charge in [0.1, 0.15) is 17.7 Å². The van der Waals surface area contributed by atoms with Crippen LogP contribution in [-0.2, 0) is 4.79 Å². The Bertz CT molecular complexity index is 1380. The van der Waals surface area contributed by atoms with E-state index in [4.69, 9.17) is 5.10 Å². The van der Waals surface area contributed by atoms with Crippen LogP contribution in [-0.4, -0.2) is 27.6 Å². The van der Waals surface area contributed by atoms with E-state index in [1.807, 2.05) is 44.2 Å². The molecule has 0 spiro atoms. The van der Waals surface area contributed by atoms with Gasteiger partial charge in [-0.05, 0) is 55.8 Å². The van der Waals surface area contributed by atoms with Crippen LogP contribution in [0.25, 0.3) is 5.69 Å². The van der Waals surface area contributed by atoms with Crippen molar-refractivity contribution in [2.75, 3.05) is 5.32 Å². The van der Waals surface area contributed by atoms with Crippen molar-refractivity contribution < 1.29 is 14.0 Å². The van der Waals surface area contributed by atoms with E-state index in [0.717, 1.165) is 16.8 Å². The lowest BCUT2D eigenvalue weighted by Crippen LogP contribution is -2.50. The summed E-state index contributed by atoms with van der Waals surface area (Å²) in [6.45, 7) is 3.85. The second-order valence-corrected chi connectivity index (χ2v) is 8.43. The standard InChI is InChI=1S/C27H23FN4O2/c1-16-11-13-21(14-12-16)32-25-22(17(2)31-32)23(19-9-6-10-20(28)15-19)24(27(34)30-25)29-26(33)18-7-4-3-5-8-18/h3-15,23-24H,1-2H3,(H,29,33)(H,30,34)/t23-,24-/m1/s1. The van der Waals surface area contributed by atoms with Crippen LogP contribution in [0.1, 0.15) is 38.7 Å². The molecule has 0 fully saturated rings. The number of nitrogens with zero attached hydrogens (tertiary/aromatic N) is 2. The number of amides is 2. The van der Waals surface area contributed by atoms with E-state index < -0.39 is 17.8 Å². The van der Waals surface area contributed by atoms with Crippen LogP contribution in [0.2, 0.25) is 0 Å². The Balaban J connectivity index is 1.63. The fourth-order valence-electron chi connectivity index (χ4n) is 4.44. The number of rotatable bonds is 4. The van der Waals surface area contributed by atoms with Gasteiger partial charge in [-0.1, -0.05) is 48.0 Å². The first-order chi connectivity index (χ1) is 16.4. The Kier molecular flexibility index (Phi) is 5.45. The van der Waals surface area contributed by atoms with E-state index >= 15 is 0 Å². The quantitative estimate of drug-likeness (QED) is 0.476. The molecule has 2 atom stereocenters. The fourth-order valence-corrected chi connectivity index (χ4v) is 4.44. The van der Waals surface area contributed by atoms with Gasteiger partial charge in [-0.3, -0.25) is 9.59 Å². The molecule has 0 unspecified atom stereocenters. The SMILES string of the molecule is Cc1ccc(-n2nc(C)c3c2NC(=O)[C@H](NC(=O)c2ccccc2)[C@@H]3c2cccc(F)c2)cc1. The van der Waals surface area contributed by atoms with Gasteiger partial charge in [-0.25, -0.2) is 9.07 Å². The summed E-state index contributed by atoms with van der Waals surface area (Å²) < 4.78 is 15.9. The minimum atomic E-state index is -0.948. The molecule has 2 heterocycles. The molecule has 3 aromatic carbocycles. The summed E-state index contributed by atoms with van der Waals surface area (Å²) in [5, 5.41) is 10.5. The number of aromatic nitrogens is 2. The van der Waals surface area contributed by atoms with Crippen LogP contribution < -0.4 is 10.6 Å². The largest absolute Gasteiger partial charge is 0.339 e. The normalized spacial score (nSPS) is 17.1. The minimum Gasteiger partial charge on any atom is -0.339 e. The molecule has 6 nitrogen and oxygen atoms in total. The molecule has 7 heteroatoms. The molecule has 34 heavy (non-hydrogen) atoms. The van der Waals surface area contributed by atoms with Crippen molar-refractivity contribution in [1.29, 1.82) is 0 Å². The van der Waals surface area contributed by atoms with Crippen molar-refractivity contribution in [3.63, 3.8) is 0 Å². The predicted molar refractivity (Wildman–Crippen MR) is 128 cm³/mol. The van der Waals surface area contributed by atoms with Crippen LogP contribution in [0.3, 0.4) is 0 Å². The highest BCUT2D eigenvalue weighted by Crippen LogP contribution is 2.40. The zero-order valence-corrected chi connectivity index (χ0v) is 18.7. The number of fused-ring (bicyclic) bond motifs is 1. The van der Waals surface area contributed by atoms with Gasteiger partial charge in [0.15, 0.2) is 0 Å². The highest BCUT2D eigenvalue weighted by Gasteiger charge is 2.42. The third-order valence-electron chi connectivity index (χ3n) is 6.08. The molecule has 1 aliphatic rings. The number of benzene rings is 3. The van der Waals surface area contributed by atoms with E-state index in [-0.39, 0.29) is 11.8 Å². The number of hydrogen-bond donors (Lipinski definition) is 2. The molecule has 170 valence electrons. The Morgan fingerprint density at radius 2 is 1.74 bits per heavy atom. The van der Waals surface area contributed by atoms with Gasteiger partial charge in [0.2, 0.25) is 5.91 Å². The third-order valence-corrected chi connectivity index (χ3v) is 6.08. The number of anilines is 1. The first-order valence-electron chi connectivity index (χ1n) is 11.0. The zero-order valence-electron chi connectivity index (χ0n) is 18.7. The first kappa shape index (κ1) is 21.6. The Hall–Kier alpha value is -4.26. The third kappa shape index (κ3) is 3.85. The van der Waals surface area contributed by atoms with Crippen LogP contribution in [0.15, 0.2) is 78.9 Å². The van der Waals surface area contributed by atoms with Gasteiger partial charge in [0.25, 0.3) is 5.91 Å². The molecule has 5 rings (SSSR count). The van der Waals surface area contributed by atoms with Gasteiger partial charge in [0, 0.05) is 17.0 Å². The average Bonchev–Trinajstić information content (AvgIpc) is 3.16. The predicted octanol–water partition coefficient (Wildman–Crippen LogP) is 4.51. The summed E-state index contributed by atoms with van der Waals surface area (Å²) in [6.07, 6.45) is 0. The van der Waals surface area contributed by atoms with Crippen molar-refractivity contribution in [2.45, 2.75) is 25.8 Å². The number of nitrogens with one attached hydrogen (secondary N) is 2. The molecule has 2 amide bonds. The maximum atomic E-state index is 14.2. The van der Waals surface area contributed by atoms with E-state index in [1.165, 1.54) is 12.1 Å². The number of hydrogen-bond acceptors (Lipinski definition) is 3. The zero-order chi connectivity index (χ0) is 23.8. The molecule has 1 aromatic heterocycles. The maximum absolute atomic E-state index is 14.2. The molecular weight excluding hydrogens is 431 g/mol. The van der Waals surface area contributed by atoms with E-state index in [1.54, 1.807) is 41.1 Å². The van der Waals surface area contributed by atoms with Gasteiger partial charge < -0.3 is 10.6 Å². The van der Waals surface area contributed by atoms with Crippen LogP contribution in [0.5, 0.6) is 0 Å². The fraction of sp³-hybridized carbons (Fsp3) is 0.148. The summed E-state index contributed by atoms with van der Waals surface area (Å²) in [6, 6.07) is 21.7. The molecule has 4 aromatic rings. The minimum absolute atomic E-state index is 0.380. The van der Waals surface area contributed by atoms with Crippen molar-refractivity contribution in [3.8, 4) is 5.69 Å². The highest BCUT2D eigenvalue weighted by molar-refractivity contribution is 6.04. The Morgan fingerprint density at radius 1 is 1.00 bits per heavy atom. The Labute approximate surface area is 196 Å². The average molecular weight is 455 g/mol. The van der Waals surface area contributed by atoms with Gasteiger partial charge in [0.05, 0.1) is 11.4 Å². The van der Waals surface area contributed by atoms with Crippen LogP contribution >= 0.6 is 0 Å². The van der Waals surface area contributed by atoms with Crippen LogP contribution in [0, 0.1) is 19.7 Å². The van der Waals surface area contributed by atoms with Gasteiger partial charge in [-0.2, -0.15) is 5.10 Å². The number of halogens is 1. The molecule has 1 aliphatic heterocycles. The lowest BCUT2D eigenvalue weighted by molar-refractivity contribution is -0.118. The van der Waals surface area contributed by atoms with Gasteiger partial charge >= 0.3 is 0 Å². The smallest absolute Gasteiger partial charge is 0.251 e. The summed E-state index contributed by atoms with van der Waals surface area (Å²) >= 11 is 0. The molecule has 0 aliphatic carbocycles. The lowest BCUT2D eigenvalue weighted by Gasteiger charge is -2.32. The van der Waals surface area contributed by atoms with Crippen molar-refractivity contribution in [1.82, 2.24) is 15.1 Å². The van der Waals surface area contributed by atoms with Crippen LogP contribution in [0.4, 0.5) is 10.2 Å².